The molecule has 1 aliphatic heterocycles. The molecule has 3 heteroatoms. The summed E-state index contributed by atoms with van der Waals surface area (Å²) >= 11 is 0. The zero-order valence-corrected chi connectivity index (χ0v) is 6.78. The van der Waals surface area contributed by atoms with Crippen LogP contribution in [0.2, 0.25) is 0 Å². The lowest BCUT2D eigenvalue weighted by atomic mass is 10.2. The van der Waals surface area contributed by atoms with Gasteiger partial charge < -0.3 is 0 Å². The second kappa shape index (κ2) is 2.60. The minimum atomic E-state index is -0.00120. The lowest BCUT2D eigenvalue weighted by Gasteiger charge is -2.12. The third kappa shape index (κ3) is 0.905. The fraction of sp³-hybridized carbons (Fsp3) is 0.222. The van der Waals surface area contributed by atoms with Crippen LogP contribution < -0.4 is 5.06 Å². The van der Waals surface area contributed by atoms with E-state index in [2.05, 4.69) is 0 Å². The van der Waals surface area contributed by atoms with Gasteiger partial charge in [0.15, 0.2) is 0 Å². The first-order chi connectivity index (χ1) is 5.83. The third-order valence-corrected chi connectivity index (χ3v) is 1.96. The summed E-state index contributed by atoms with van der Waals surface area (Å²) in [6.07, 6.45) is 0.448. The van der Waals surface area contributed by atoms with Crippen LogP contribution in [-0.2, 0) is 16.1 Å². The molecule has 62 valence electrons. The van der Waals surface area contributed by atoms with Crippen molar-refractivity contribution in [1.82, 2.24) is 0 Å². The molecule has 1 aromatic carbocycles. The molecule has 12 heavy (non-hydrogen) atoms. The normalized spacial score (nSPS) is 15.1. The standard InChI is InChI=1S/C9H9NO2/c1-12-10-8-5-3-2-4-7(8)6-9(10)11/h2-5H,6H2,1H3. The number of benzene rings is 1. The van der Waals surface area contributed by atoms with Crippen molar-refractivity contribution >= 4 is 11.6 Å². The average Bonchev–Trinajstić information content (AvgIpc) is 2.40. The SMILES string of the molecule is CON1C(=O)Cc2ccccc21. The number of carbonyl (C=O) groups excluding carboxylic acids is 1. The summed E-state index contributed by atoms with van der Waals surface area (Å²) in [6.45, 7) is 0. The second-order valence-electron chi connectivity index (χ2n) is 2.68. The second-order valence-corrected chi connectivity index (χ2v) is 2.68. The van der Waals surface area contributed by atoms with Crippen LogP contribution in [0, 0.1) is 0 Å². The Morgan fingerprint density at radius 3 is 2.92 bits per heavy atom. The molecule has 0 aromatic heterocycles. The molecule has 2 rings (SSSR count). The van der Waals surface area contributed by atoms with Crippen molar-refractivity contribution in [2.45, 2.75) is 6.42 Å². The molecular formula is C9H9NO2. The van der Waals surface area contributed by atoms with Gasteiger partial charge in [0.25, 0.3) is 5.91 Å². The molecule has 0 N–H and O–H groups in total. The van der Waals surface area contributed by atoms with Gasteiger partial charge in [-0.2, -0.15) is 5.06 Å². The van der Waals surface area contributed by atoms with Crippen molar-refractivity contribution in [2.24, 2.45) is 0 Å². The van der Waals surface area contributed by atoms with Gasteiger partial charge in [0, 0.05) is 0 Å². The minimum absolute atomic E-state index is 0.00120. The molecule has 1 heterocycles. The molecule has 0 radical (unpaired) electrons. The monoisotopic (exact) mass is 163 g/mol. The Bertz CT molecular complexity index is 322. The number of hydroxylamine groups is 1. The maximum absolute atomic E-state index is 11.3. The van der Waals surface area contributed by atoms with Gasteiger partial charge in [-0.25, -0.2) is 0 Å². The zero-order chi connectivity index (χ0) is 8.55. The van der Waals surface area contributed by atoms with Crippen LogP contribution >= 0.6 is 0 Å². The highest BCUT2D eigenvalue weighted by Crippen LogP contribution is 2.27. The number of nitrogens with zero attached hydrogens (tertiary/aromatic N) is 1. The number of carbonyl (C=O) groups is 1. The predicted molar refractivity (Wildman–Crippen MR) is 44.6 cm³/mol. The van der Waals surface area contributed by atoms with Crippen molar-refractivity contribution in [1.29, 1.82) is 0 Å². The van der Waals surface area contributed by atoms with Crippen LogP contribution in [0.15, 0.2) is 24.3 Å². The molecule has 0 atom stereocenters. The topological polar surface area (TPSA) is 29.5 Å². The molecule has 0 aliphatic carbocycles. The summed E-state index contributed by atoms with van der Waals surface area (Å²) in [7, 11) is 1.50. The first-order valence-electron chi connectivity index (χ1n) is 3.78. The van der Waals surface area contributed by atoms with Gasteiger partial charge in [-0.15, -0.1) is 0 Å². The Labute approximate surface area is 70.5 Å². The molecular weight excluding hydrogens is 154 g/mol. The molecule has 1 aromatic rings. The average molecular weight is 163 g/mol. The number of hydrogen-bond donors (Lipinski definition) is 0. The van der Waals surface area contributed by atoms with Crippen LogP contribution in [0.25, 0.3) is 0 Å². The Balaban J connectivity index is 2.47. The first-order valence-corrected chi connectivity index (χ1v) is 3.78. The summed E-state index contributed by atoms with van der Waals surface area (Å²) in [6, 6.07) is 7.63. The van der Waals surface area contributed by atoms with E-state index in [-0.39, 0.29) is 5.91 Å². The van der Waals surface area contributed by atoms with Gasteiger partial charge in [0.2, 0.25) is 0 Å². The van der Waals surface area contributed by atoms with Gasteiger partial charge in [0.05, 0.1) is 19.2 Å². The highest BCUT2D eigenvalue weighted by Gasteiger charge is 2.26. The minimum Gasteiger partial charge on any atom is -0.272 e. The zero-order valence-electron chi connectivity index (χ0n) is 6.78. The molecule has 1 aliphatic rings. The van der Waals surface area contributed by atoms with Crippen LogP contribution in [0.1, 0.15) is 5.56 Å². The van der Waals surface area contributed by atoms with E-state index in [9.17, 15) is 4.79 Å². The van der Waals surface area contributed by atoms with Crippen molar-refractivity contribution in [3.05, 3.63) is 29.8 Å². The van der Waals surface area contributed by atoms with E-state index in [1.807, 2.05) is 24.3 Å². The molecule has 0 fully saturated rings. The summed E-state index contributed by atoms with van der Waals surface area (Å²) in [4.78, 5) is 16.2. The lowest BCUT2D eigenvalue weighted by molar-refractivity contribution is -0.123. The number of fused-ring (bicyclic) bond motifs is 1. The van der Waals surface area contributed by atoms with E-state index < -0.39 is 0 Å². The van der Waals surface area contributed by atoms with Crippen LogP contribution in [0.5, 0.6) is 0 Å². The Morgan fingerprint density at radius 1 is 1.42 bits per heavy atom. The Kier molecular flexibility index (Phi) is 1.59. The van der Waals surface area contributed by atoms with Gasteiger partial charge >= 0.3 is 0 Å². The predicted octanol–water partition coefficient (Wildman–Crippen LogP) is 1.14. The van der Waals surface area contributed by atoms with Gasteiger partial charge in [0.1, 0.15) is 0 Å². The van der Waals surface area contributed by atoms with Crippen molar-refractivity contribution < 1.29 is 9.63 Å². The maximum Gasteiger partial charge on any atom is 0.255 e. The van der Waals surface area contributed by atoms with E-state index >= 15 is 0 Å². The Hall–Kier alpha value is -1.35. The molecule has 3 nitrogen and oxygen atoms in total. The lowest BCUT2D eigenvalue weighted by Crippen LogP contribution is -2.24. The largest absolute Gasteiger partial charge is 0.272 e. The molecule has 1 amide bonds. The summed E-state index contributed by atoms with van der Waals surface area (Å²) in [5, 5.41) is 1.33. The quantitative estimate of drug-likeness (QED) is 0.621. The van der Waals surface area contributed by atoms with E-state index in [1.165, 1.54) is 12.2 Å². The van der Waals surface area contributed by atoms with E-state index in [0.717, 1.165) is 11.3 Å². The third-order valence-electron chi connectivity index (χ3n) is 1.96. The fourth-order valence-corrected chi connectivity index (χ4v) is 1.43. The van der Waals surface area contributed by atoms with Crippen LogP contribution in [-0.4, -0.2) is 13.0 Å². The molecule has 0 saturated carbocycles. The van der Waals surface area contributed by atoms with E-state index in [4.69, 9.17) is 4.84 Å². The highest BCUT2D eigenvalue weighted by molar-refractivity contribution is 5.99. The number of amides is 1. The highest BCUT2D eigenvalue weighted by atomic mass is 16.7. The fourth-order valence-electron chi connectivity index (χ4n) is 1.43. The molecule has 0 unspecified atom stereocenters. The molecule has 0 spiro atoms. The number of anilines is 1. The summed E-state index contributed by atoms with van der Waals surface area (Å²) < 4.78 is 0. The van der Waals surface area contributed by atoms with Gasteiger partial charge in [-0.3, -0.25) is 9.63 Å². The van der Waals surface area contributed by atoms with Crippen LogP contribution in [0.4, 0.5) is 5.69 Å². The smallest absolute Gasteiger partial charge is 0.255 e. The summed E-state index contributed by atoms with van der Waals surface area (Å²) in [5.74, 6) is -0.00120. The molecule has 0 saturated heterocycles. The Morgan fingerprint density at radius 2 is 2.17 bits per heavy atom. The van der Waals surface area contributed by atoms with Gasteiger partial charge in [-0.1, -0.05) is 18.2 Å². The number of para-hydroxylation sites is 1. The van der Waals surface area contributed by atoms with E-state index in [1.54, 1.807) is 0 Å². The van der Waals surface area contributed by atoms with Crippen molar-refractivity contribution in [3.8, 4) is 0 Å². The van der Waals surface area contributed by atoms with Crippen LogP contribution in [0.3, 0.4) is 0 Å². The van der Waals surface area contributed by atoms with Crippen molar-refractivity contribution in [2.75, 3.05) is 12.2 Å². The summed E-state index contributed by atoms with van der Waals surface area (Å²) in [5.41, 5.74) is 1.90. The van der Waals surface area contributed by atoms with E-state index in [0.29, 0.717) is 6.42 Å². The van der Waals surface area contributed by atoms with Gasteiger partial charge in [-0.05, 0) is 11.6 Å². The number of hydrogen-bond acceptors (Lipinski definition) is 2. The first kappa shape index (κ1) is 7.31. The molecule has 0 bridgehead atoms. The van der Waals surface area contributed by atoms with Crippen molar-refractivity contribution in [3.63, 3.8) is 0 Å². The maximum atomic E-state index is 11.3. The number of rotatable bonds is 1.